The number of nitrogens with one attached hydrogen (secondary N) is 4. The second-order valence-corrected chi connectivity index (χ2v) is 20.9. The van der Waals surface area contributed by atoms with Gasteiger partial charge in [0.2, 0.25) is 16.4 Å². The molecule has 0 bridgehead atoms. The average Bonchev–Trinajstić information content (AvgIpc) is 4.00. The van der Waals surface area contributed by atoms with E-state index in [-0.39, 0.29) is 46.6 Å². The summed E-state index contributed by atoms with van der Waals surface area (Å²) < 4.78 is 34.2. The van der Waals surface area contributed by atoms with E-state index in [0.29, 0.717) is 47.4 Å². The number of amidine groups is 1. The Morgan fingerprint density at radius 2 is 1.77 bits per heavy atom. The molecule has 73 heavy (non-hydrogen) atoms. The number of carbonyl (C=O) groups excluding carboxylic acids is 4. The first kappa shape index (κ1) is 59.0. The van der Waals surface area contributed by atoms with Crippen molar-refractivity contribution in [3.05, 3.63) is 87.6 Å². The number of imidazole rings is 1. The average molecular weight is 1060 g/mol. The van der Waals surface area contributed by atoms with E-state index in [0.717, 1.165) is 84.2 Å². The van der Waals surface area contributed by atoms with Crippen molar-refractivity contribution in [2.45, 2.75) is 90.1 Å². The molecule has 1 unspecified atom stereocenters. The number of aromatic carboxylic acids is 1. The van der Waals surface area contributed by atoms with Gasteiger partial charge in [-0.15, -0.1) is 11.3 Å². The van der Waals surface area contributed by atoms with Gasteiger partial charge in [0.25, 0.3) is 0 Å². The van der Waals surface area contributed by atoms with E-state index in [1.807, 2.05) is 51.0 Å². The van der Waals surface area contributed by atoms with Gasteiger partial charge in [-0.3, -0.25) is 30.2 Å². The van der Waals surface area contributed by atoms with Gasteiger partial charge in [-0.2, -0.15) is 4.31 Å². The van der Waals surface area contributed by atoms with Crippen LogP contribution in [-0.4, -0.2) is 134 Å². The van der Waals surface area contributed by atoms with Crippen LogP contribution in [0.15, 0.2) is 65.8 Å². The fourth-order valence-corrected chi connectivity index (χ4v) is 12.3. The molecule has 2 aromatic heterocycles. The Kier molecular flexibility index (Phi) is 22.7. The molecule has 22 heteroatoms. The van der Waals surface area contributed by atoms with Crippen molar-refractivity contribution in [3.63, 3.8) is 0 Å². The summed E-state index contributed by atoms with van der Waals surface area (Å²) in [7, 11) is -1.20. The molecule has 0 saturated carbocycles. The summed E-state index contributed by atoms with van der Waals surface area (Å²) >= 11 is 7.48. The Morgan fingerprint density at radius 3 is 2.38 bits per heavy atom. The number of rotatable bonds is 19. The summed E-state index contributed by atoms with van der Waals surface area (Å²) in [6, 6.07) is 16.8. The number of H-pyrrole nitrogens is 1. The third kappa shape index (κ3) is 15.0. The molecule has 0 aliphatic carbocycles. The highest BCUT2D eigenvalue weighted by atomic mass is 35.5. The highest BCUT2D eigenvalue weighted by Gasteiger charge is 2.42. The monoisotopic (exact) mass is 1060 g/mol. The highest BCUT2D eigenvalue weighted by Crippen LogP contribution is 2.46. The number of unbranched alkanes of at least 4 members (excludes halogenated alkanes) is 2. The van der Waals surface area contributed by atoms with Crippen molar-refractivity contribution < 1.29 is 47.3 Å². The minimum Gasteiger partial charge on any atom is -0.483 e. The van der Waals surface area contributed by atoms with Crippen molar-refractivity contribution in [3.8, 4) is 16.2 Å². The van der Waals surface area contributed by atoms with Crippen molar-refractivity contribution >= 4 is 105 Å². The van der Waals surface area contributed by atoms with E-state index in [1.54, 1.807) is 36.5 Å². The summed E-state index contributed by atoms with van der Waals surface area (Å²) in [6.45, 7) is 11.5. The highest BCUT2D eigenvalue weighted by molar-refractivity contribution is 7.89. The summed E-state index contributed by atoms with van der Waals surface area (Å²) in [6.07, 6.45) is 11.7. The lowest BCUT2D eigenvalue weighted by molar-refractivity contribution is -0.110. The fourth-order valence-electron chi connectivity index (χ4n) is 9.06. The van der Waals surface area contributed by atoms with Gasteiger partial charge in [0, 0.05) is 62.0 Å². The maximum atomic E-state index is 13.7. The number of aliphatic imine (C=N–C) groups is 1. The first-order valence-corrected chi connectivity index (χ1v) is 26.4. The molecule has 2 aliphatic rings. The number of thiophene rings is 1. The van der Waals surface area contributed by atoms with E-state index in [4.69, 9.17) is 31.6 Å². The molecular formula is C51H66ClN9O10S2. The minimum absolute atomic E-state index is 0.0567. The van der Waals surface area contributed by atoms with Crippen molar-refractivity contribution in [1.82, 2.24) is 19.7 Å². The first-order chi connectivity index (χ1) is 35.0. The lowest BCUT2D eigenvalue weighted by Gasteiger charge is -2.44. The van der Waals surface area contributed by atoms with Crippen molar-refractivity contribution in [1.29, 1.82) is 5.41 Å². The summed E-state index contributed by atoms with van der Waals surface area (Å²) in [5.74, 6) is -0.779. The Hall–Kier alpha value is -6.52. The van der Waals surface area contributed by atoms with Gasteiger partial charge in [-0.25, -0.2) is 23.2 Å². The number of piperidine rings is 2. The molecular weight excluding hydrogens is 998 g/mol. The standard InChI is InChI=1S/C44H48ClN9O8S2.C5H12.CH4O.CH2O/c1-44(2)21-31(50-30-8-4-6-28(20-30)41-39(45)40(62-19-18-55)42(63-41)43(58)59)14-17-54(44)64(60,61)25-35(46)47-22-36-48-23-37(51-36)53-15-12-27(13-16-53)32-10-11-34(52(3)49-26-57)38-29(24-56)7-5-9-33(32)38;1-3-5-4-2;2*1-2/h4-11,18,20,22-24,26-27,31,46,50H,12-17,19,21,25H2,1-3H3,(H,48,51)(H,49,57)(H,58,59);3-5H2,1-2H3;2H,1H3;1H2. The van der Waals surface area contributed by atoms with E-state index in [2.05, 4.69) is 50.5 Å². The van der Waals surface area contributed by atoms with Gasteiger partial charge in [0.1, 0.15) is 41.6 Å². The molecule has 7 rings (SSSR count). The molecule has 3 aromatic carbocycles. The molecule has 19 nitrogen and oxygen atoms in total. The van der Waals surface area contributed by atoms with Crippen molar-refractivity contribution in [2.75, 3.05) is 61.4 Å². The Bertz CT molecular complexity index is 2810. The third-order valence-corrected chi connectivity index (χ3v) is 15.9. The van der Waals surface area contributed by atoms with Gasteiger partial charge in [-0.1, -0.05) is 81.1 Å². The smallest absolute Gasteiger partial charge is 0.349 e. The zero-order chi connectivity index (χ0) is 53.9. The molecule has 2 saturated heterocycles. The first-order valence-electron chi connectivity index (χ1n) is 23.6. The van der Waals surface area contributed by atoms with Crippen LogP contribution in [0.1, 0.15) is 110 Å². The molecule has 2 fully saturated rings. The molecule has 394 valence electrons. The van der Waals surface area contributed by atoms with E-state index < -0.39 is 27.3 Å². The van der Waals surface area contributed by atoms with Crippen LogP contribution in [0, 0.1) is 5.41 Å². The predicted octanol–water partition coefficient (Wildman–Crippen LogP) is 8.22. The normalized spacial score (nSPS) is 15.6. The number of halogens is 1. The lowest BCUT2D eigenvalue weighted by Crippen LogP contribution is -2.56. The van der Waals surface area contributed by atoms with Crippen LogP contribution in [0.3, 0.4) is 0 Å². The van der Waals surface area contributed by atoms with Gasteiger partial charge in [-0.05, 0) is 80.2 Å². The van der Waals surface area contributed by atoms with Crippen LogP contribution >= 0.6 is 22.9 Å². The van der Waals surface area contributed by atoms with Gasteiger partial charge in [0.15, 0.2) is 23.2 Å². The van der Waals surface area contributed by atoms with Crippen LogP contribution in [0.25, 0.3) is 21.2 Å². The lowest BCUT2D eigenvalue weighted by atomic mass is 9.85. The Balaban J connectivity index is 0.00000120. The Morgan fingerprint density at radius 1 is 1.07 bits per heavy atom. The number of aromatic amines is 1. The number of carbonyl (C=O) groups is 5. The summed E-state index contributed by atoms with van der Waals surface area (Å²) in [4.78, 5) is 68.3. The number of aromatic nitrogens is 2. The molecule has 0 radical (unpaired) electrons. The molecule has 2 aliphatic heterocycles. The van der Waals surface area contributed by atoms with E-state index in [1.165, 1.54) is 29.8 Å². The summed E-state index contributed by atoms with van der Waals surface area (Å²) in [5, 5.41) is 32.1. The number of nitrogens with zero attached hydrogens (tertiary/aromatic N) is 5. The van der Waals surface area contributed by atoms with Crippen LogP contribution in [-0.2, 0) is 24.4 Å². The number of hydrogen-bond donors (Lipinski definition) is 6. The Labute approximate surface area is 435 Å². The van der Waals surface area contributed by atoms with Gasteiger partial charge in [0.05, 0.1) is 23.0 Å². The number of carboxylic acids is 1. The molecule has 1 amide bonds. The van der Waals surface area contributed by atoms with Crippen LogP contribution in [0.4, 0.5) is 17.2 Å². The zero-order valence-electron chi connectivity index (χ0n) is 42.0. The molecule has 1 atom stereocenters. The number of hydrazine groups is 1. The number of aliphatic hydroxyl groups excluding tert-OH is 1. The zero-order valence-corrected chi connectivity index (χ0v) is 44.4. The van der Waals surface area contributed by atoms with Crippen LogP contribution in [0.2, 0.25) is 5.02 Å². The fraction of sp³-hybridized carbons (Fsp3) is 0.412. The maximum absolute atomic E-state index is 13.7. The quantitative estimate of drug-likeness (QED) is 0.0197. The third-order valence-electron chi connectivity index (χ3n) is 12.3. The SMILES string of the molecule is C=O.CCCCC.CN(NC=O)c1ccc(C2CCN(c3cnc(C=NC(=N)CS(=O)(=O)N4CCC(Nc5cccc(-c6sc(C(=O)O)c(OCC=O)c6Cl)c5)CC4(C)C)[nH]3)CC2)c2cccc(C=O)c12.CO. The van der Waals surface area contributed by atoms with E-state index in [9.17, 15) is 32.7 Å². The molecule has 0 spiro atoms. The second kappa shape index (κ2) is 28.1. The van der Waals surface area contributed by atoms with Crippen LogP contribution in [0.5, 0.6) is 5.75 Å². The molecule has 6 N–H and O–H groups in total. The molecule has 5 aromatic rings. The van der Waals surface area contributed by atoms with Gasteiger partial charge >= 0.3 is 5.97 Å². The van der Waals surface area contributed by atoms with Gasteiger partial charge < -0.3 is 34.9 Å². The predicted molar refractivity (Wildman–Crippen MR) is 290 cm³/mol. The number of hydrogen-bond acceptors (Lipinski definition) is 15. The maximum Gasteiger partial charge on any atom is 0.349 e. The number of benzene rings is 3. The number of aliphatic hydroxyl groups is 1. The largest absolute Gasteiger partial charge is 0.483 e. The van der Waals surface area contributed by atoms with Crippen molar-refractivity contribution in [2.24, 2.45) is 4.99 Å². The van der Waals surface area contributed by atoms with E-state index >= 15 is 0 Å². The van der Waals surface area contributed by atoms with Crippen LogP contribution < -0.4 is 25.4 Å². The number of ether oxygens (including phenoxy) is 1. The number of carboxylic acid groups (broad SMARTS) is 1. The molecule has 4 heterocycles. The minimum atomic E-state index is -3.92. The number of amides is 1. The number of fused-ring (bicyclic) bond motifs is 1. The topological polar surface area (TPSA) is 268 Å². The number of aldehydes is 2. The summed E-state index contributed by atoms with van der Waals surface area (Å²) in [5.41, 5.74) is 5.64. The number of anilines is 3. The second-order valence-electron chi connectivity index (χ2n) is 17.6. The number of sulfonamides is 1.